The molecule has 1 aromatic heterocycles. The van der Waals surface area contributed by atoms with Gasteiger partial charge in [-0.15, -0.1) is 0 Å². The van der Waals surface area contributed by atoms with Crippen molar-refractivity contribution in [2.45, 2.75) is 25.8 Å². The van der Waals surface area contributed by atoms with E-state index in [1.165, 1.54) is 11.6 Å². The molecule has 2 heterocycles. The van der Waals surface area contributed by atoms with E-state index >= 15 is 0 Å². The van der Waals surface area contributed by atoms with Gasteiger partial charge >= 0.3 is 6.03 Å². The first-order valence-corrected chi connectivity index (χ1v) is 9.09. The van der Waals surface area contributed by atoms with Crippen LogP contribution >= 0.6 is 0 Å². The number of fused-ring (bicyclic) bond motifs is 3. The number of amides is 2. The minimum Gasteiger partial charge on any atom is -0.356 e. The van der Waals surface area contributed by atoms with Crippen molar-refractivity contribution in [1.82, 2.24) is 15.2 Å². The van der Waals surface area contributed by atoms with Crippen LogP contribution in [0.4, 0.5) is 9.18 Å². The molecule has 0 saturated heterocycles. The van der Waals surface area contributed by atoms with Gasteiger partial charge in [-0.05, 0) is 30.5 Å². The van der Waals surface area contributed by atoms with Crippen molar-refractivity contribution < 1.29 is 9.18 Å². The molecule has 0 fully saturated rings. The molecule has 2 N–H and O–H groups in total. The van der Waals surface area contributed by atoms with Crippen LogP contribution in [0.3, 0.4) is 0 Å². The van der Waals surface area contributed by atoms with Crippen molar-refractivity contribution in [2.24, 2.45) is 0 Å². The molecule has 1 unspecified atom stereocenters. The van der Waals surface area contributed by atoms with Crippen molar-refractivity contribution in [3.05, 3.63) is 71.2 Å². The lowest BCUT2D eigenvalue weighted by molar-refractivity contribution is 0.178. The van der Waals surface area contributed by atoms with Crippen LogP contribution in [0, 0.1) is 5.82 Å². The summed E-state index contributed by atoms with van der Waals surface area (Å²) in [6, 6.07) is 14.2. The molecule has 1 atom stereocenters. The van der Waals surface area contributed by atoms with Crippen molar-refractivity contribution in [3.8, 4) is 0 Å². The second kappa shape index (κ2) is 6.83. The van der Waals surface area contributed by atoms with E-state index < -0.39 is 6.04 Å². The van der Waals surface area contributed by atoms with E-state index in [2.05, 4.69) is 16.4 Å². The molecule has 2 aromatic carbocycles. The highest BCUT2D eigenvalue weighted by atomic mass is 19.1. The van der Waals surface area contributed by atoms with Crippen LogP contribution < -0.4 is 5.32 Å². The van der Waals surface area contributed by atoms with E-state index in [4.69, 9.17) is 0 Å². The maximum absolute atomic E-state index is 14.6. The largest absolute Gasteiger partial charge is 0.356 e. The molecule has 1 aliphatic heterocycles. The maximum Gasteiger partial charge on any atom is 0.318 e. The van der Waals surface area contributed by atoms with E-state index in [0.717, 1.165) is 29.4 Å². The summed E-state index contributed by atoms with van der Waals surface area (Å²) in [6.45, 7) is 3.18. The van der Waals surface area contributed by atoms with E-state index in [1.54, 1.807) is 17.0 Å². The van der Waals surface area contributed by atoms with Gasteiger partial charge < -0.3 is 15.2 Å². The third-order valence-corrected chi connectivity index (χ3v) is 5.02. The highest BCUT2D eigenvalue weighted by Crippen LogP contribution is 2.39. The molecule has 0 spiro atoms. The van der Waals surface area contributed by atoms with Crippen LogP contribution in [0.2, 0.25) is 0 Å². The van der Waals surface area contributed by atoms with Gasteiger partial charge in [0.15, 0.2) is 0 Å². The monoisotopic (exact) mass is 351 g/mol. The van der Waals surface area contributed by atoms with Gasteiger partial charge in [0.2, 0.25) is 0 Å². The third kappa shape index (κ3) is 2.73. The fourth-order valence-electron chi connectivity index (χ4n) is 3.81. The molecule has 0 aliphatic carbocycles. The zero-order valence-corrected chi connectivity index (χ0v) is 14.8. The number of hydrogen-bond acceptors (Lipinski definition) is 1. The number of nitrogens with zero attached hydrogens (tertiary/aromatic N) is 1. The summed E-state index contributed by atoms with van der Waals surface area (Å²) in [7, 11) is 0. The second-order valence-electron chi connectivity index (χ2n) is 6.66. The summed E-state index contributed by atoms with van der Waals surface area (Å²) < 4.78 is 14.6. The molecule has 1 aliphatic rings. The first-order valence-electron chi connectivity index (χ1n) is 9.09. The van der Waals surface area contributed by atoms with Crippen LogP contribution in [0.15, 0.2) is 48.5 Å². The molecule has 3 aromatic rings. The second-order valence-corrected chi connectivity index (χ2v) is 6.66. The van der Waals surface area contributed by atoms with Gasteiger partial charge in [0.05, 0.1) is 0 Å². The number of rotatable bonds is 3. The Hall–Kier alpha value is -2.82. The normalized spacial score (nSPS) is 16.5. The van der Waals surface area contributed by atoms with Gasteiger partial charge in [-0.2, -0.15) is 0 Å². The summed E-state index contributed by atoms with van der Waals surface area (Å²) in [6.07, 6.45) is 1.62. The Balaban J connectivity index is 1.85. The predicted molar refractivity (Wildman–Crippen MR) is 101 cm³/mol. The quantitative estimate of drug-likeness (QED) is 0.723. The number of benzene rings is 2. The minimum absolute atomic E-state index is 0.149. The number of hydrogen-bond donors (Lipinski definition) is 2. The number of aromatic nitrogens is 1. The van der Waals surface area contributed by atoms with E-state index in [9.17, 15) is 9.18 Å². The number of urea groups is 1. The lowest BCUT2D eigenvalue weighted by Gasteiger charge is -2.36. The van der Waals surface area contributed by atoms with Gasteiger partial charge in [-0.3, -0.25) is 0 Å². The van der Waals surface area contributed by atoms with Gasteiger partial charge in [0.1, 0.15) is 11.9 Å². The average molecular weight is 351 g/mol. The highest BCUT2D eigenvalue weighted by Gasteiger charge is 2.35. The number of carbonyl (C=O) groups is 1. The van der Waals surface area contributed by atoms with Gasteiger partial charge in [0, 0.05) is 35.2 Å². The predicted octanol–water partition coefficient (Wildman–Crippen LogP) is 4.37. The van der Waals surface area contributed by atoms with Crippen molar-refractivity contribution >= 4 is 16.9 Å². The Kier molecular flexibility index (Phi) is 4.37. The Morgan fingerprint density at radius 1 is 1.23 bits per heavy atom. The summed E-state index contributed by atoms with van der Waals surface area (Å²) in [5, 5.41) is 4.09. The topological polar surface area (TPSA) is 48.1 Å². The molecular weight excluding hydrogens is 329 g/mol. The summed E-state index contributed by atoms with van der Waals surface area (Å²) in [5.74, 6) is -0.294. The molecule has 4 rings (SSSR count). The van der Waals surface area contributed by atoms with E-state index in [-0.39, 0.29) is 11.8 Å². The summed E-state index contributed by atoms with van der Waals surface area (Å²) in [4.78, 5) is 17.9. The molecule has 0 radical (unpaired) electrons. The smallest absolute Gasteiger partial charge is 0.318 e. The van der Waals surface area contributed by atoms with Crippen LogP contribution in [-0.4, -0.2) is 29.0 Å². The molecule has 5 heteroatoms. The standard InChI is InChI=1S/C21H22FN3O/c1-2-12-23-21(26)25-13-11-15-14-7-4-6-10-18(14)24-19(15)20(25)16-8-3-5-9-17(16)22/h3-10,20,24H,2,11-13H2,1H3,(H,23,26). The Morgan fingerprint density at radius 2 is 2.00 bits per heavy atom. The number of nitrogens with one attached hydrogen (secondary N) is 2. The third-order valence-electron chi connectivity index (χ3n) is 5.02. The fourth-order valence-corrected chi connectivity index (χ4v) is 3.81. The number of aromatic amines is 1. The van der Waals surface area contributed by atoms with Crippen molar-refractivity contribution in [1.29, 1.82) is 0 Å². The molecule has 0 bridgehead atoms. The fraction of sp³-hybridized carbons (Fsp3) is 0.286. The van der Waals surface area contributed by atoms with Gasteiger partial charge in [-0.1, -0.05) is 43.3 Å². The van der Waals surface area contributed by atoms with Crippen molar-refractivity contribution in [3.63, 3.8) is 0 Å². The molecule has 0 saturated carbocycles. The lowest BCUT2D eigenvalue weighted by Crippen LogP contribution is -2.46. The zero-order valence-electron chi connectivity index (χ0n) is 14.8. The summed E-state index contributed by atoms with van der Waals surface area (Å²) in [5.41, 5.74) is 3.63. The van der Waals surface area contributed by atoms with Crippen LogP contribution in [-0.2, 0) is 6.42 Å². The minimum atomic E-state index is -0.454. The van der Waals surface area contributed by atoms with Crippen LogP contribution in [0.25, 0.3) is 10.9 Å². The van der Waals surface area contributed by atoms with Gasteiger partial charge in [-0.25, -0.2) is 9.18 Å². The molecule has 4 nitrogen and oxygen atoms in total. The number of halogens is 1. The molecule has 2 amide bonds. The lowest BCUT2D eigenvalue weighted by atomic mass is 9.92. The number of carbonyl (C=O) groups excluding carboxylic acids is 1. The van der Waals surface area contributed by atoms with E-state index in [0.29, 0.717) is 18.7 Å². The molecule has 26 heavy (non-hydrogen) atoms. The van der Waals surface area contributed by atoms with Gasteiger partial charge in [0.25, 0.3) is 0 Å². The van der Waals surface area contributed by atoms with Crippen molar-refractivity contribution in [2.75, 3.05) is 13.1 Å². The van der Waals surface area contributed by atoms with Crippen LogP contribution in [0.1, 0.15) is 36.2 Å². The first-order chi connectivity index (χ1) is 12.7. The molecule has 134 valence electrons. The zero-order chi connectivity index (χ0) is 18.1. The average Bonchev–Trinajstić information content (AvgIpc) is 3.04. The SMILES string of the molecule is CCCNC(=O)N1CCc2c([nH]c3ccccc23)C1c1ccccc1F. The van der Waals surface area contributed by atoms with E-state index in [1.807, 2.05) is 31.2 Å². The Bertz CT molecular complexity index is 949. The maximum atomic E-state index is 14.6. The highest BCUT2D eigenvalue weighted by molar-refractivity contribution is 5.86. The number of H-pyrrole nitrogens is 1. The first kappa shape index (κ1) is 16.6. The van der Waals surface area contributed by atoms with Crippen LogP contribution in [0.5, 0.6) is 0 Å². The Labute approximate surface area is 152 Å². The Morgan fingerprint density at radius 3 is 2.81 bits per heavy atom. The summed E-state index contributed by atoms with van der Waals surface area (Å²) >= 11 is 0. The molecular formula is C21H22FN3O. The number of para-hydroxylation sites is 1.